The fourth-order valence-corrected chi connectivity index (χ4v) is 1.36. The molecule has 0 saturated heterocycles. The Morgan fingerprint density at radius 2 is 1.78 bits per heavy atom. The standard InChI is InChI=1S/C12H18N4O2/c13-9-10-3-4-11(14-5-1-7-17)16-12(10)15-6-2-8-18/h3-4,17-18H,1-2,5-8H2,(H2,14,15,16). The lowest BCUT2D eigenvalue weighted by Gasteiger charge is -2.10. The smallest absolute Gasteiger partial charge is 0.146 e. The lowest BCUT2D eigenvalue weighted by molar-refractivity contribution is 0.292. The van der Waals surface area contributed by atoms with Gasteiger partial charge >= 0.3 is 0 Å². The number of rotatable bonds is 8. The Labute approximate surface area is 106 Å². The molecule has 0 amide bonds. The average Bonchev–Trinajstić information content (AvgIpc) is 2.40. The first-order valence-electron chi connectivity index (χ1n) is 5.92. The van der Waals surface area contributed by atoms with Crippen molar-refractivity contribution in [1.29, 1.82) is 5.26 Å². The van der Waals surface area contributed by atoms with Gasteiger partial charge in [-0.2, -0.15) is 5.26 Å². The molecule has 0 radical (unpaired) electrons. The van der Waals surface area contributed by atoms with E-state index >= 15 is 0 Å². The van der Waals surface area contributed by atoms with Crippen LogP contribution in [0.3, 0.4) is 0 Å². The molecule has 98 valence electrons. The van der Waals surface area contributed by atoms with Gasteiger partial charge in [-0.05, 0) is 25.0 Å². The van der Waals surface area contributed by atoms with Crippen molar-refractivity contribution in [1.82, 2.24) is 4.98 Å². The summed E-state index contributed by atoms with van der Waals surface area (Å²) in [5.74, 6) is 1.17. The van der Waals surface area contributed by atoms with Gasteiger partial charge in [0.1, 0.15) is 17.7 Å². The van der Waals surface area contributed by atoms with Crippen LogP contribution in [0.5, 0.6) is 0 Å². The second-order valence-corrected chi connectivity index (χ2v) is 3.71. The lowest BCUT2D eigenvalue weighted by Crippen LogP contribution is -2.10. The van der Waals surface area contributed by atoms with Crippen LogP contribution in [0, 0.1) is 11.3 Å². The van der Waals surface area contributed by atoms with Gasteiger partial charge < -0.3 is 20.8 Å². The second-order valence-electron chi connectivity index (χ2n) is 3.71. The molecule has 0 bridgehead atoms. The highest BCUT2D eigenvalue weighted by Crippen LogP contribution is 2.15. The first-order valence-corrected chi connectivity index (χ1v) is 5.92. The van der Waals surface area contributed by atoms with Gasteiger partial charge in [0, 0.05) is 26.3 Å². The van der Waals surface area contributed by atoms with Crippen molar-refractivity contribution in [2.75, 3.05) is 36.9 Å². The van der Waals surface area contributed by atoms with Gasteiger partial charge in [-0.3, -0.25) is 0 Å². The number of hydrogen-bond acceptors (Lipinski definition) is 6. The summed E-state index contributed by atoms with van der Waals surface area (Å²) in [7, 11) is 0. The molecule has 1 heterocycles. The topological polar surface area (TPSA) is 101 Å². The molecule has 0 aromatic carbocycles. The number of nitriles is 1. The molecule has 1 aromatic rings. The Balaban J connectivity index is 2.66. The third-order valence-corrected chi connectivity index (χ3v) is 2.28. The molecule has 6 heteroatoms. The van der Waals surface area contributed by atoms with Crippen LogP contribution in [0.15, 0.2) is 12.1 Å². The van der Waals surface area contributed by atoms with Crippen LogP contribution >= 0.6 is 0 Å². The maximum atomic E-state index is 8.95. The predicted molar refractivity (Wildman–Crippen MR) is 69.3 cm³/mol. The Morgan fingerprint density at radius 3 is 2.39 bits per heavy atom. The van der Waals surface area contributed by atoms with Crippen molar-refractivity contribution in [2.24, 2.45) is 0 Å². The molecule has 6 nitrogen and oxygen atoms in total. The third kappa shape index (κ3) is 4.57. The summed E-state index contributed by atoms with van der Waals surface area (Å²) in [5.41, 5.74) is 0.473. The highest BCUT2D eigenvalue weighted by atomic mass is 16.3. The summed E-state index contributed by atoms with van der Waals surface area (Å²) in [5, 5.41) is 32.4. The van der Waals surface area contributed by atoms with E-state index in [2.05, 4.69) is 21.7 Å². The summed E-state index contributed by atoms with van der Waals surface area (Å²) in [6.07, 6.45) is 1.25. The maximum absolute atomic E-state index is 8.95. The zero-order valence-electron chi connectivity index (χ0n) is 10.2. The molecule has 4 N–H and O–H groups in total. The number of nitrogens with one attached hydrogen (secondary N) is 2. The number of aliphatic hydroxyl groups excluding tert-OH is 2. The molecule has 0 aliphatic carbocycles. The minimum atomic E-state index is 0.101. The monoisotopic (exact) mass is 250 g/mol. The van der Waals surface area contributed by atoms with Gasteiger partial charge in [-0.25, -0.2) is 4.98 Å². The van der Waals surface area contributed by atoms with Crippen molar-refractivity contribution in [3.8, 4) is 6.07 Å². The SMILES string of the molecule is N#Cc1ccc(NCCCO)nc1NCCCO. The molecule has 1 rings (SSSR count). The summed E-state index contributed by atoms with van der Waals surface area (Å²) >= 11 is 0. The van der Waals surface area contributed by atoms with Gasteiger partial charge in [-0.15, -0.1) is 0 Å². The summed E-state index contributed by atoms with van der Waals surface area (Å²) in [6.45, 7) is 1.43. The molecule has 1 aromatic heterocycles. The van der Waals surface area contributed by atoms with Gasteiger partial charge in [0.15, 0.2) is 0 Å². The molecule has 0 aliphatic rings. The minimum absolute atomic E-state index is 0.101. The molecule has 18 heavy (non-hydrogen) atoms. The normalized spacial score (nSPS) is 9.83. The zero-order chi connectivity index (χ0) is 13.2. The summed E-state index contributed by atoms with van der Waals surface area (Å²) in [4.78, 5) is 4.28. The van der Waals surface area contributed by atoms with Crippen LogP contribution in [-0.2, 0) is 0 Å². The number of pyridine rings is 1. The molecule has 0 fully saturated rings. The first kappa shape index (κ1) is 14.2. The van der Waals surface area contributed by atoms with E-state index in [0.29, 0.717) is 43.1 Å². The minimum Gasteiger partial charge on any atom is -0.396 e. The van der Waals surface area contributed by atoms with Gasteiger partial charge in [0.05, 0.1) is 5.56 Å². The van der Waals surface area contributed by atoms with Crippen molar-refractivity contribution in [2.45, 2.75) is 12.8 Å². The van der Waals surface area contributed by atoms with Crippen molar-refractivity contribution in [3.05, 3.63) is 17.7 Å². The quantitative estimate of drug-likeness (QED) is 0.502. The molecule has 0 saturated carbocycles. The van der Waals surface area contributed by atoms with Crippen LogP contribution in [0.1, 0.15) is 18.4 Å². The molecule has 0 unspecified atom stereocenters. The third-order valence-electron chi connectivity index (χ3n) is 2.28. The van der Waals surface area contributed by atoms with E-state index in [1.165, 1.54) is 0 Å². The van der Waals surface area contributed by atoms with Crippen LogP contribution in [0.2, 0.25) is 0 Å². The molecular formula is C12H18N4O2. The number of nitrogens with zero attached hydrogens (tertiary/aromatic N) is 2. The average molecular weight is 250 g/mol. The molecule has 0 spiro atoms. The highest BCUT2D eigenvalue weighted by Gasteiger charge is 2.04. The van der Waals surface area contributed by atoms with E-state index in [1.807, 2.05) is 0 Å². The fraction of sp³-hybridized carbons (Fsp3) is 0.500. The van der Waals surface area contributed by atoms with Gasteiger partial charge in [-0.1, -0.05) is 0 Å². The first-order chi connectivity index (χ1) is 8.81. The van der Waals surface area contributed by atoms with Crippen LogP contribution in [0.25, 0.3) is 0 Å². The number of aromatic nitrogens is 1. The van der Waals surface area contributed by atoms with E-state index < -0.39 is 0 Å². The highest BCUT2D eigenvalue weighted by molar-refractivity contribution is 5.56. The Kier molecular flexibility index (Phi) is 6.54. The molecule has 0 atom stereocenters. The number of anilines is 2. The Morgan fingerprint density at radius 1 is 1.11 bits per heavy atom. The number of hydrogen-bond donors (Lipinski definition) is 4. The number of aliphatic hydroxyl groups is 2. The van der Waals surface area contributed by atoms with E-state index in [1.54, 1.807) is 12.1 Å². The van der Waals surface area contributed by atoms with Crippen molar-refractivity contribution < 1.29 is 10.2 Å². The molecule has 0 aliphatic heterocycles. The van der Waals surface area contributed by atoms with E-state index in [9.17, 15) is 0 Å². The Bertz CT molecular complexity index is 404. The van der Waals surface area contributed by atoms with E-state index in [4.69, 9.17) is 15.5 Å². The zero-order valence-corrected chi connectivity index (χ0v) is 10.2. The lowest BCUT2D eigenvalue weighted by atomic mass is 10.2. The van der Waals surface area contributed by atoms with Crippen molar-refractivity contribution >= 4 is 11.6 Å². The Hall–Kier alpha value is -1.84. The van der Waals surface area contributed by atoms with Crippen LogP contribution in [-0.4, -0.2) is 41.5 Å². The van der Waals surface area contributed by atoms with Crippen LogP contribution < -0.4 is 10.6 Å². The summed E-state index contributed by atoms with van der Waals surface area (Å²) in [6, 6.07) is 5.48. The van der Waals surface area contributed by atoms with Crippen LogP contribution in [0.4, 0.5) is 11.6 Å². The maximum Gasteiger partial charge on any atom is 0.146 e. The van der Waals surface area contributed by atoms with Crippen molar-refractivity contribution in [3.63, 3.8) is 0 Å². The van der Waals surface area contributed by atoms with Gasteiger partial charge in [0.2, 0.25) is 0 Å². The van der Waals surface area contributed by atoms with E-state index in [0.717, 1.165) is 0 Å². The largest absolute Gasteiger partial charge is 0.396 e. The fourth-order valence-electron chi connectivity index (χ4n) is 1.36. The second kappa shape index (κ2) is 8.28. The van der Waals surface area contributed by atoms with E-state index in [-0.39, 0.29) is 13.2 Å². The molecular weight excluding hydrogens is 232 g/mol. The summed E-state index contributed by atoms with van der Waals surface area (Å²) < 4.78 is 0. The predicted octanol–water partition coefficient (Wildman–Crippen LogP) is 0.542. The van der Waals surface area contributed by atoms with Gasteiger partial charge in [0.25, 0.3) is 0 Å².